The molecule has 0 spiro atoms. The van der Waals surface area contributed by atoms with E-state index < -0.39 is 0 Å². The molecule has 104 valence electrons. The molecule has 0 amide bonds. The molecule has 0 saturated carbocycles. The van der Waals surface area contributed by atoms with Gasteiger partial charge in [0.15, 0.2) is 5.96 Å². The number of benzene rings is 1. The van der Waals surface area contributed by atoms with Gasteiger partial charge in [0.1, 0.15) is 0 Å². The lowest BCUT2D eigenvalue weighted by Gasteiger charge is -2.25. The molecule has 20 heavy (non-hydrogen) atoms. The standard InChI is InChI=1S/C14H13Br2N3S/c1-8-11(16)6-13(20-8)12-7-18-14(17)19(12)10-4-2-9(15)3-5-10/h2-6,12H,7H2,1H3,(H2,17,18). The van der Waals surface area contributed by atoms with Crippen LogP contribution in [0.3, 0.4) is 0 Å². The van der Waals surface area contributed by atoms with E-state index in [1.165, 1.54) is 9.75 Å². The predicted molar refractivity (Wildman–Crippen MR) is 92.6 cm³/mol. The first-order chi connectivity index (χ1) is 9.56. The Hall–Kier alpha value is -0.850. The van der Waals surface area contributed by atoms with Crippen molar-refractivity contribution in [1.82, 2.24) is 0 Å². The van der Waals surface area contributed by atoms with Crippen LogP contribution in [0, 0.1) is 6.92 Å². The van der Waals surface area contributed by atoms with Crippen molar-refractivity contribution < 1.29 is 0 Å². The molecule has 1 aliphatic heterocycles. The molecular weight excluding hydrogens is 402 g/mol. The van der Waals surface area contributed by atoms with Gasteiger partial charge in [-0.3, -0.25) is 4.99 Å². The second-order valence-electron chi connectivity index (χ2n) is 4.61. The van der Waals surface area contributed by atoms with E-state index >= 15 is 0 Å². The zero-order valence-corrected chi connectivity index (χ0v) is 14.8. The fourth-order valence-electron chi connectivity index (χ4n) is 2.27. The number of rotatable bonds is 2. The van der Waals surface area contributed by atoms with Crippen molar-refractivity contribution in [2.75, 3.05) is 11.4 Å². The van der Waals surface area contributed by atoms with Gasteiger partial charge in [-0.1, -0.05) is 15.9 Å². The fraction of sp³-hybridized carbons (Fsp3) is 0.214. The lowest BCUT2D eigenvalue weighted by molar-refractivity contribution is 0.784. The molecule has 6 heteroatoms. The molecule has 2 N–H and O–H groups in total. The fourth-order valence-corrected chi connectivity index (χ4v) is 4.18. The number of nitrogens with two attached hydrogens (primary N) is 1. The van der Waals surface area contributed by atoms with Gasteiger partial charge >= 0.3 is 0 Å². The Balaban J connectivity index is 1.98. The van der Waals surface area contributed by atoms with Crippen molar-refractivity contribution in [2.45, 2.75) is 13.0 Å². The lowest BCUT2D eigenvalue weighted by Crippen LogP contribution is -2.35. The van der Waals surface area contributed by atoms with E-state index in [-0.39, 0.29) is 6.04 Å². The summed E-state index contributed by atoms with van der Waals surface area (Å²) < 4.78 is 2.21. The van der Waals surface area contributed by atoms with Crippen LogP contribution in [0.4, 0.5) is 5.69 Å². The van der Waals surface area contributed by atoms with Gasteiger partial charge in [-0.25, -0.2) is 0 Å². The highest BCUT2D eigenvalue weighted by atomic mass is 79.9. The van der Waals surface area contributed by atoms with Gasteiger partial charge in [0.2, 0.25) is 0 Å². The molecule has 2 heterocycles. The molecule has 3 nitrogen and oxygen atoms in total. The average molecular weight is 415 g/mol. The summed E-state index contributed by atoms with van der Waals surface area (Å²) in [6.45, 7) is 2.82. The topological polar surface area (TPSA) is 41.6 Å². The first-order valence-electron chi connectivity index (χ1n) is 6.17. The minimum absolute atomic E-state index is 0.186. The van der Waals surface area contributed by atoms with E-state index in [4.69, 9.17) is 5.73 Å². The number of thiophene rings is 1. The Bertz CT molecular complexity index is 644. The van der Waals surface area contributed by atoms with E-state index in [1.807, 2.05) is 12.1 Å². The quantitative estimate of drug-likeness (QED) is 0.788. The number of anilines is 1. The Kier molecular flexibility index (Phi) is 3.88. The van der Waals surface area contributed by atoms with Crippen LogP contribution in [-0.4, -0.2) is 12.5 Å². The van der Waals surface area contributed by atoms with Crippen LogP contribution >= 0.6 is 43.2 Å². The summed E-state index contributed by atoms with van der Waals surface area (Å²) in [4.78, 5) is 9.07. The van der Waals surface area contributed by atoms with Crippen molar-refractivity contribution in [3.05, 3.63) is 49.0 Å². The number of aliphatic imine (C=N–C) groups is 1. The van der Waals surface area contributed by atoms with Gasteiger partial charge in [-0.05, 0) is 53.2 Å². The Morgan fingerprint density at radius 1 is 1.30 bits per heavy atom. The SMILES string of the molecule is Cc1sc(C2CN=C(N)N2c2ccc(Br)cc2)cc1Br. The van der Waals surface area contributed by atoms with E-state index in [1.54, 1.807) is 11.3 Å². The van der Waals surface area contributed by atoms with Crippen LogP contribution in [0.5, 0.6) is 0 Å². The van der Waals surface area contributed by atoms with Gasteiger partial charge in [-0.2, -0.15) is 0 Å². The maximum atomic E-state index is 6.08. The summed E-state index contributed by atoms with van der Waals surface area (Å²) in [5.74, 6) is 0.583. The number of aryl methyl sites for hydroxylation is 1. The summed E-state index contributed by atoms with van der Waals surface area (Å²) >= 11 is 8.83. The molecule has 1 aliphatic rings. The zero-order valence-electron chi connectivity index (χ0n) is 10.8. The molecule has 0 bridgehead atoms. The zero-order chi connectivity index (χ0) is 14.3. The van der Waals surface area contributed by atoms with Crippen LogP contribution in [0.15, 0.2) is 44.3 Å². The summed E-state index contributed by atoms with van der Waals surface area (Å²) in [5, 5.41) is 0. The third-order valence-electron chi connectivity index (χ3n) is 3.29. The number of guanidine groups is 1. The van der Waals surface area contributed by atoms with Crippen molar-refractivity contribution >= 4 is 54.8 Å². The molecule has 2 aromatic rings. The van der Waals surface area contributed by atoms with Crippen LogP contribution in [-0.2, 0) is 0 Å². The van der Waals surface area contributed by atoms with E-state index in [0.717, 1.165) is 14.6 Å². The molecule has 1 atom stereocenters. The van der Waals surface area contributed by atoms with E-state index in [9.17, 15) is 0 Å². The van der Waals surface area contributed by atoms with Gasteiger partial charge in [0.25, 0.3) is 0 Å². The Morgan fingerprint density at radius 2 is 2.00 bits per heavy atom. The second-order valence-corrected chi connectivity index (χ2v) is 7.67. The van der Waals surface area contributed by atoms with Crippen LogP contribution < -0.4 is 10.6 Å². The van der Waals surface area contributed by atoms with Crippen LogP contribution in [0.1, 0.15) is 15.8 Å². The summed E-state index contributed by atoms with van der Waals surface area (Å²) in [6, 6.07) is 10.5. The Morgan fingerprint density at radius 3 is 2.60 bits per heavy atom. The highest BCUT2D eigenvalue weighted by Crippen LogP contribution is 2.37. The maximum Gasteiger partial charge on any atom is 0.196 e. The van der Waals surface area contributed by atoms with Crippen molar-refractivity contribution in [3.63, 3.8) is 0 Å². The highest BCUT2D eigenvalue weighted by Gasteiger charge is 2.30. The van der Waals surface area contributed by atoms with Crippen molar-refractivity contribution in [2.24, 2.45) is 10.7 Å². The second kappa shape index (κ2) is 5.50. The third kappa shape index (κ3) is 2.52. The first-order valence-corrected chi connectivity index (χ1v) is 8.57. The monoisotopic (exact) mass is 413 g/mol. The van der Waals surface area contributed by atoms with E-state index in [2.05, 4.69) is 66.9 Å². The molecule has 0 saturated heterocycles. The molecular formula is C14H13Br2N3S. The molecule has 3 rings (SSSR count). The largest absolute Gasteiger partial charge is 0.369 e. The lowest BCUT2D eigenvalue weighted by atomic mass is 10.2. The van der Waals surface area contributed by atoms with Gasteiger partial charge in [0.05, 0.1) is 12.6 Å². The van der Waals surface area contributed by atoms with Gasteiger partial charge < -0.3 is 10.6 Å². The average Bonchev–Trinajstić information content (AvgIpc) is 2.95. The van der Waals surface area contributed by atoms with Crippen LogP contribution in [0.25, 0.3) is 0 Å². The van der Waals surface area contributed by atoms with Gasteiger partial charge in [0, 0.05) is 24.4 Å². The normalized spacial score (nSPS) is 18.4. The molecule has 0 aliphatic carbocycles. The summed E-state index contributed by atoms with van der Waals surface area (Å²) in [7, 11) is 0. The number of halogens is 2. The molecule has 1 aromatic heterocycles. The van der Waals surface area contributed by atoms with Crippen molar-refractivity contribution in [3.8, 4) is 0 Å². The number of nitrogens with zero attached hydrogens (tertiary/aromatic N) is 2. The predicted octanol–water partition coefficient (Wildman–Crippen LogP) is 4.46. The molecule has 1 unspecified atom stereocenters. The number of hydrogen-bond acceptors (Lipinski definition) is 4. The smallest absolute Gasteiger partial charge is 0.196 e. The molecule has 1 aromatic carbocycles. The van der Waals surface area contributed by atoms with Crippen molar-refractivity contribution in [1.29, 1.82) is 0 Å². The first kappa shape index (κ1) is 14.1. The highest BCUT2D eigenvalue weighted by molar-refractivity contribution is 9.10. The summed E-state index contributed by atoms with van der Waals surface area (Å²) in [5.41, 5.74) is 7.15. The molecule has 0 fully saturated rings. The Labute approximate surface area is 138 Å². The minimum Gasteiger partial charge on any atom is -0.369 e. The third-order valence-corrected chi connectivity index (χ3v) is 6.06. The van der Waals surface area contributed by atoms with Gasteiger partial charge in [-0.15, -0.1) is 11.3 Å². The van der Waals surface area contributed by atoms with Crippen LogP contribution in [0.2, 0.25) is 0 Å². The summed E-state index contributed by atoms with van der Waals surface area (Å²) in [6.07, 6.45) is 0. The minimum atomic E-state index is 0.186. The maximum absolute atomic E-state index is 6.08. The number of hydrogen-bond donors (Lipinski definition) is 1. The van der Waals surface area contributed by atoms with E-state index in [0.29, 0.717) is 12.5 Å². The molecule has 0 radical (unpaired) electrons.